The second-order valence-electron chi connectivity index (χ2n) is 2.17. The Labute approximate surface area is 49.5 Å². The van der Waals surface area contributed by atoms with E-state index in [2.05, 4.69) is 0 Å². The molecule has 0 aromatic carbocycles. The minimum Gasteiger partial charge on any atom is -0.368 e. The van der Waals surface area contributed by atoms with Gasteiger partial charge in [-0.3, -0.25) is 0 Å². The zero-order valence-electron chi connectivity index (χ0n) is 4.97. The fourth-order valence-corrected chi connectivity index (χ4v) is 0.901. The van der Waals surface area contributed by atoms with Gasteiger partial charge in [0.1, 0.15) is 0 Å². The third kappa shape index (κ3) is 1.80. The van der Waals surface area contributed by atoms with Gasteiger partial charge < -0.3 is 9.84 Å². The Morgan fingerprint density at radius 1 is 1.25 bits per heavy atom. The molecule has 0 spiro atoms. The molecule has 0 aromatic heterocycles. The van der Waals surface area contributed by atoms with Crippen LogP contribution >= 0.6 is 0 Å². The molecular formula is C6H12O2. The second kappa shape index (κ2) is 3.05. The zero-order chi connectivity index (χ0) is 5.82. The highest BCUT2D eigenvalue weighted by Gasteiger charge is 2.06. The number of rotatable bonds is 0. The van der Waals surface area contributed by atoms with E-state index in [9.17, 15) is 0 Å². The van der Waals surface area contributed by atoms with Crippen LogP contribution in [0.25, 0.3) is 0 Å². The highest BCUT2D eigenvalue weighted by Crippen LogP contribution is 2.09. The molecule has 48 valence electrons. The summed E-state index contributed by atoms with van der Waals surface area (Å²) >= 11 is 0. The van der Waals surface area contributed by atoms with Crippen LogP contribution in [0.1, 0.15) is 25.7 Å². The van der Waals surface area contributed by atoms with E-state index in [0.717, 1.165) is 25.9 Å². The van der Waals surface area contributed by atoms with Crippen molar-refractivity contribution < 1.29 is 9.84 Å². The minimum atomic E-state index is -0.475. The normalized spacial score (nSPS) is 31.9. The maximum absolute atomic E-state index is 8.87. The molecule has 1 rings (SSSR count). The quantitative estimate of drug-likeness (QED) is 0.509. The van der Waals surface area contributed by atoms with Gasteiger partial charge in [0.25, 0.3) is 0 Å². The molecule has 1 fully saturated rings. The first-order chi connectivity index (χ1) is 3.89. The zero-order valence-corrected chi connectivity index (χ0v) is 4.97. The van der Waals surface area contributed by atoms with Gasteiger partial charge in [0.15, 0.2) is 6.29 Å². The van der Waals surface area contributed by atoms with Crippen molar-refractivity contribution >= 4 is 0 Å². The Morgan fingerprint density at radius 3 is 3.00 bits per heavy atom. The van der Waals surface area contributed by atoms with Crippen molar-refractivity contribution in [2.24, 2.45) is 0 Å². The summed E-state index contributed by atoms with van der Waals surface area (Å²) in [6.07, 6.45) is 3.77. The third-order valence-corrected chi connectivity index (χ3v) is 1.41. The maximum Gasteiger partial charge on any atom is 0.154 e. The predicted molar refractivity (Wildman–Crippen MR) is 30.4 cm³/mol. The van der Waals surface area contributed by atoms with E-state index < -0.39 is 6.29 Å². The van der Waals surface area contributed by atoms with Gasteiger partial charge >= 0.3 is 0 Å². The summed E-state index contributed by atoms with van der Waals surface area (Å²) in [6, 6.07) is 0. The van der Waals surface area contributed by atoms with E-state index in [0.29, 0.717) is 0 Å². The van der Waals surface area contributed by atoms with Crippen LogP contribution in [0.2, 0.25) is 0 Å². The van der Waals surface area contributed by atoms with Gasteiger partial charge in [-0.15, -0.1) is 0 Å². The van der Waals surface area contributed by atoms with Crippen molar-refractivity contribution in [1.29, 1.82) is 0 Å². The van der Waals surface area contributed by atoms with E-state index in [1.807, 2.05) is 0 Å². The lowest BCUT2D eigenvalue weighted by Gasteiger charge is -2.04. The first-order valence-electron chi connectivity index (χ1n) is 3.19. The van der Waals surface area contributed by atoms with Crippen molar-refractivity contribution in [2.45, 2.75) is 32.0 Å². The van der Waals surface area contributed by atoms with Gasteiger partial charge in [-0.05, 0) is 19.3 Å². The summed E-state index contributed by atoms with van der Waals surface area (Å²) in [7, 11) is 0. The van der Waals surface area contributed by atoms with Gasteiger partial charge in [0.2, 0.25) is 0 Å². The number of aliphatic hydroxyl groups excluding tert-OH is 1. The molecule has 0 amide bonds. The summed E-state index contributed by atoms with van der Waals surface area (Å²) in [4.78, 5) is 0. The first-order valence-corrected chi connectivity index (χ1v) is 3.19. The third-order valence-electron chi connectivity index (χ3n) is 1.41. The molecule has 1 N–H and O–H groups in total. The van der Waals surface area contributed by atoms with Crippen molar-refractivity contribution in [3.63, 3.8) is 0 Å². The van der Waals surface area contributed by atoms with E-state index in [1.54, 1.807) is 0 Å². The molecule has 0 saturated carbocycles. The standard InChI is InChI=1S/C6H12O2/c7-6-4-2-1-3-5-8-6/h6-7H,1-5H2. The Balaban J connectivity index is 2.17. The lowest BCUT2D eigenvalue weighted by molar-refractivity contribution is -0.0954. The van der Waals surface area contributed by atoms with Gasteiger partial charge in [-0.1, -0.05) is 6.42 Å². The number of aliphatic hydroxyl groups is 1. The van der Waals surface area contributed by atoms with E-state index in [-0.39, 0.29) is 0 Å². The van der Waals surface area contributed by atoms with Gasteiger partial charge in [-0.25, -0.2) is 0 Å². The average molecular weight is 116 g/mol. The molecule has 1 aliphatic heterocycles. The molecule has 1 aliphatic rings. The predicted octanol–water partition coefficient (Wildman–Crippen LogP) is 0.895. The number of hydrogen-bond donors (Lipinski definition) is 1. The van der Waals surface area contributed by atoms with Crippen LogP contribution < -0.4 is 0 Å². The minimum absolute atomic E-state index is 0.475. The van der Waals surface area contributed by atoms with Crippen molar-refractivity contribution in [3.05, 3.63) is 0 Å². The Bertz CT molecular complexity index is 55.5. The first kappa shape index (κ1) is 6.05. The molecule has 0 bridgehead atoms. The molecule has 0 aromatic rings. The Kier molecular flexibility index (Phi) is 2.30. The summed E-state index contributed by atoms with van der Waals surface area (Å²) in [5, 5.41) is 8.87. The van der Waals surface area contributed by atoms with Crippen LogP contribution in [0.5, 0.6) is 0 Å². The van der Waals surface area contributed by atoms with E-state index in [4.69, 9.17) is 9.84 Å². The summed E-state index contributed by atoms with van der Waals surface area (Å²) < 4.78 is 4.96. The molecule has 1 heterocycles. The maximum atomic E-state index is 8.87. The lowest BCUT2D eigenvalue weighted by Crippen LogP contribution is -2.08. The molecule has 0 radical (unpaired) electrons. The molecule has 0 aliphatic carbocycles. The summed E-state index contributed by atoms with van der Waals surface area (Å²) in [5.41, 5.74) is 0. The molecule has 2 heteroatoms. The highest BCUT2D eigenvalue weighted by atomic mass is 16.6. The van der Waals surface area contributed by atoms with E-state index >= 15 is 0 Å². The summed E-state index contributed by atoms with van der Waals surface area (Å²) in [5.74, 6) is 0. The molecular weight excluding hydrogens is 104 g/mol. The van der Waals surface area contributed by atoms with Crippen LogP contribution in [-0.4, -0.2) is 18.0 Å². The SMILES string of the molecule is OC1CCCCCO1. The van der Waals surface area contributed by atoms with Gasteiger partial charge in [0.05, 0.1) is 0 Å². The summed E-state index contributed by atoms with van der Waals surface area (Å²) in [6.45, 7) is 0.737. The van der Waals surface area contributed by atoms with Crippen molar-refractivity contribution in [1.82, 2.24) is 0 Å². The van der Waals surface area contributed by atoms with Crippen LogP contribution in [0.3, 0.4) is 0 Å². The van der Waals surface area contributed by atoms with Crippen LogP contribution in [0.4, 0.5) is 0 Å². The molecule has 1 atom stereocenters. The molecule has 8 heavy (non-hydrogen) atoms. The molecule has 1 saturated heterocycles. The average Bonchev–Trinajstić information content (AvgIpc) is 1.94. The monoisotopic (exact) mass is 116 g/mol. The lowest BCUT2D eigenvalue weighted by atomic mass is 10.2. The van der Waals surface area contributed by atoms with Crippen molar-refractivity contribution in [3.8, 4) is 0 Å². The topological polar surface area (TPSA) is 29.5 Å². The number of hydrogen-bond acceptors (Lipinski definition) is 2. The van der Waals surface area contributed by atoms with Crippen LogP contribution in [-0.2, 0) is 4.74 Å². The Morgan fingerprint density at radius 2 is 2.12 bits per heavy atom. The largest absolute Gasteiger partial charge is 0.368 e. The van der Waals surface area contributed by atoms with Crippen LogP contribution in [0, 0.1) is 0 Å². The second-order valence-corrected chi connectivity index (χ2v) is 2.17. The Hall–Kier alpha value is -0.0800. The highest BCUT2D eigenvalue weighted by molar-refractivity contribution is 4.50. The number of ether oxygens (including phenoxy) is 1. The fraction of sp³-hybridized carbons (Fsp3) is 1.00. The molecule has 2 nitrogen and oxygen atoms in total. The van der Waals surface area contributed by atoms with Gasteiger partial charge in [-0.2, -0.15) is 0 Å². The fourth-order valence-electron chi connectivity index (χ4n) is 0.901. The van der Waals surface area contributed by atoms with Crippen molar-refractivity contribution in [2.75, 3.05) is 6.61 Å². The van der Waals surface area contributed by atoms with Gasteiger partial charge in [0, 0.05) is 6.61 Å². The molecule has 1 unspecified atom stereocenters. The smallest absolute Gasteiger partial charge is 0.154 e. The van der Waals surface area contributed by atoms with Crippen LogP contribution in [0.15, 0.2) is 0 Å². The van der Waals surface area contributed by atoms with E-state index in [1.165, 1.54) is 6.42 Å².